The highest BCUT2D eigenvalue weighted by Gasteiger charge is 2.40. The van der Waals surface area contributed by atoms with Gasteiger partial charge in [-0.2, -0.15) is 4.31 Å². The van der Waals surface area contributed by atoms with Crippen molar-refractivity contribution in [3.8, 4) is 0 Å². The molecule has 1 aliphatic rings. The van der Waals surface area contributed by atoms with Crippen LogP contribution >= 0.6 is 0 Å². The molecular weight excluding hydrogens is 356 g/mol. The van der Waals surface area contributed by atoms with Crippen molar-refractivity contribution in [2.24, 2.45) is 0 Å². The summed E-state index contributed by atoms with van der Waals surface area (Å²) in [4.78, 5) is 12.7. The van der Waals surface area contributed by atoms with Crippen LogP contribution in [0.1, 0.15) is 35.4 Å². The largest absolute Gasteiger partial charge is 0.459 e. The Morgan fingerprint density at radius 2 is 1.96 bits per heavy atom. The normalized spacial score (nSPS) is 18.2. The molecule has 26 heavy (non-hydrogen) atoms. The Labute approximate surface area is 153 Å². The summed E-state index contributed by atoms with van der Waals surface area (Å²) in [5.74, 6) is 0.0454. The molecule has 1 saturated heterocycles. The minimum Gasteiger partial charge on any atom is -0.459 e. The number of ether oxygens (including phenoxy) is 1. The third-order valence-corrected chi connectivity index (χ3v) is 6.57. The van der Waals surface area contributed by atoms with Gasteiger partial charge in [0.1, 0.15) is 18.4 Å². The molecule has 0 N–H and O–H groups in total. The van der Waals surface area contributed by atoms with Crippen LogP contribution in [0.25, 0.3) is 0 Å². The molecule has 2 aromatic rings. The molecular formula is C18H22N2O5S. The van der Waals surface area contributed by atoms with E-state index in [0.29, 0.717) is 36.4 Å². The molecule has 8 heteroatoms. The van der Waals surface area contributed by atoms with E-state index in [1.165, 1.54) is 4.31 Å². The number of esters is 1. The molecule has 3 rings (SSSR count). The van der Waals surface area contributed by atoms with Gasteiger partial charge in [-0.05, 0) is 45.7 Å². The summed E-state index contributed by atoms with van der Waals surface area (Å²) in [7, 11) is -3.74. The number of carbonyl (C=O) groups excluding carboxylic acids is 1. The van der Waals surface area contributed by atoms with E-state index in [0.717, 1.165) is 5.56 Å². The number of hydrogen-bond acceptors (Lipinski definition) is 6. The predicted octanol–water partition coefficient (Wildman–Crippen LogP) is 2.50. The Kier molecular flexibility index (Phi) is 5.15. The minimum absolute atomic E-state index is 0.0227. The fourth-order valence-corrected chi connectivity index (χ4v) is 4.70. The first-order valence-electron chi connectivity index (χ1n) is 8.47. The van der Waals surface area contributed by atoms with Gasteiger partial charge in [0.25, 0.3) is 0 Å². The minimum atomic E-state index is -3.74. The van der Waals surface area contributed by atoms with Crippen molar-refractivity contribution < 1.29 is 22.5 Å². The highest BCUT2D eigenvalue weighted by Crippen LogP contribution is 2.27. The summed E-state index contributed by atoms with van der Waals surface area (Å²) in [5.41, 5.74) is 2.34. The first-order chi connectivity index (χ1) is 12.3. The maximum atomic E-state index is 12.9. The van der Waals surface area contributed by atoms with Gasteiger partial charge in [0.15, 0.2) is 0 Å². The zero-order valence-electron chi connectivity index (χ0n) is 15.1. The second-order valence-electron chi connectivity index (χ2n) is 6.50. The van der Waals surface area contributed by atoms with E-state index in [4.69, 9.17) is 9.26 Å². The molecule has 0 bridgehead atoms. The third kappa shape index (κ3) is 3.52. The first-order valence-corrected chi connectivity index (χ1v) is 9.91. The standard InChI is InChI=1S/C18H22N2O5S/c1-12-6-8-15(9-7-12)26(22,23)20-10-4-5-17(20)18(21)24-11-16-13(2)19-25-14(16)3/h6-9,17H,4-5,10-11H2,1-3H3. The quantitative estimate of drug-likeness (QED) is 0.743. The summed E-state index contributed by atoms with van der Waals surface area (Å²) in [5, 5.41) is 3.82. The lowest BCUT2D eigenvalue weighted by Crippen LogP contribution is -2.41. The smallest absolute Gasteiger partial charge is 0.324 e. The van der Waals surface area contributed by atoms with Gasteiger partial charge >= 0.3 is 5.97 Å². The van der Waals surface area contributed by atoms with Crippen LogP contribution in [-0.4, -0.2) is 36.4 Å². The number of hydrogen-bond donors (Lipinski definition) is 0. The van der Waals surface area contributed by atoms with E-state index in [9.17, 15) is 13.2 Å². The average Bonchev–Trinajstić information content (AvgIpc) is 3.21. The Bertz CT molecular complexity index is 883. The number of rotatable bonds is 5. The Hall–Kier alpha value is -2.19. The van der Waals surface area contributed by atoms with E-state index in [1.807, 2.05) is 6.92 Å². The average molecular weight is 378 g/mol. The topological polar surface area (TPSA) is 89.7 Å². The van der Waals surface area contributed by atoms with Crippen LogP contribution in [0.15, 0.2) is 33.7 Å². The molecule has 0 spiro atoms. The maximum absolute atomic E-state index is 12.9. The number of nitrogens with zero attached hydrogens (tertiary/aromatic N) is 2. The zero-order chi connectivity index (χ0) is 18.9. The lowest BCUT2D eigenvalue weighted by Gasteiger charge is -2.22. The molecule has 7 nitrogen and oxygen atoms in total. The van der Waals surface area contributed by atoms with Crippen LogP contribution in [0.4, 0.5) is 0 Å². The van der Waals surface area contributed by atoms with Gasteiger partial charge in [0.05, 0.1) is 16.2 Å². The summed E-state index contributed by atoms with van der Waals surface area (Å²) < 4.78 is 37.4. The number of aromatic nitrogens is 1. The number of aryl methyl sites for hydroxylation is 3. The molecule has 1 aromatic heterocycles. The van der Waals surface area contributed by atoms with E-state index in [2.05, 4.69) is 5.16 Å². The van der Waals surface area contributed by atoms with Crippen LogP contribution in [-0.2, 0) is 26.2 Å². The fourth-order valence-electron chi connectivity index (χ4n) is 3.06. The van der Waals surface area contributed by atoms with Crippen molar-refractivity contribution in [1.82, 2.24) is 9.46 Å². The summed E-state index contributed by atoms with van der Waals surface area (Å²) in [6, 6.07) is 5.81. The highest BCUT2D eigenvalue weighted by atomic mass is 32.2. The number of benzene rings is 1. The van der Waals surface area contributed by atoms with Crippen molar-refractivity contribution in [1.29, 1.82) is 0 Å². The second-order valence-corrected chi connectivity index (χ2v) is 8.39. The van der Waals surface area contributed by atoms with Gasteiger partial charge in [-0.15, -0.1) is 0 Å². The van der Waals surface area contributed by atoms with Gasteiger partial charge in [-0.1, -0.05) is 22.9 Å². The molecule has 0 saturated carbocycles. The number of carbonyl (C=O) groups is 1. The van der Waals surface area contributed by atoms with Crippen LogP contribution in [0, 0.1) is 20.8 Å². The second kappa shape index (κ2) is 7.20. The SMILES string of the molecule is Cc1ccc(S(=O)(=O)N2CCCC2C(=O)OCc2c(C)noc2C)cc1. The van der Waals surface area contributed by atoms with Gasteiger partial charge in [-0.3, -0.25) is 4.79 Å². The van der Waals surface area contributed by atoms with Crippen molar-refractivity contribution in [2.75, 3.05) is 6.54 Å². The van der Waals surface area contributed by atoms with E-state index < -0.39 is 22.0 Å². The number of sulfonamides is 1. The lowest BCUT2D eigenvalue weighted by molar-refractivity contribution is -0.148. The molecule has 2 heterocycles. The van der Waals surface area contributed by atoms with Crippen LogP contribution < -0.4 is 0 Å². The monoisotopic (exact) mass is 378 g/mol. The van der Waals surface area contributed by atoms with Crippen molar-refractivity contribution in [3.63, 3.8) is 0 Å². The van der Waals surface area contributed by atoms with Gasteiger partial charge in [-0.25, -0.2) is 8.42 Å². The fraction of sp³-hybridized carbons (Fsp3) is 0.444. The summed E-state index contributed by atoms with van der Waals surface area (Å²) >= 11 is 0. The molecule has 0 aliphatic carbocycles. The van der Waals surface area contributed by atoms with Crippen molar-refractivity contribution in [3.05, 3.63) is 46.8 Å². The molecule has 0 radical (unpaired) electrons. The molecule has 1 aromatic carbocycles. The summed E-state index contributed by atoms with van der Waals surface area (Å²) in [6.07, 6.45) is 1.07. The highest BCUT2D eigenvalue weighted by molar-refractivity contribution is 7.89. The van der Waals surface area contributed by atoms with E-state index in [-0.39, 0.29) is 11.5 Å². The Balaban J connectivity index is 1.75. The van der Waals surface area contributed by atoms with Crippen LogP contribution in [0.2, 0.25) is 0 Å². The Morgan fingerprint density at radius 1 is 1.27 bits per heavy atom. The molecule has 1 aliphatic heterocycles. The van der Waals surface area contributed by atoms with Gasteiger partial charge in [0.2, 0.25) is 10.0 Å². The van der Waals surface area contributed by atoms with Crippen molar-refractivity contribution >= 4 is 16.0 Å². The predicted molar refractivity (Wildman–Crippen MR) is 93.9 cm³/mol. The molecule has 1 fully saturated rings. The van der Waals surface area contributed by atoms with Gasteiger partial charge in [0, 0.05) is 6.54 Å². The molecule has 140 valence electrons. The zero-order valence-corrected chi connectivity index (χ0v) is 15.9. The van der Waals surface area contributed by atoms with E-state index in [1.54, 1.807) is 38.1 Å². The van der Waals surface area contributed by atoms with Crippen molar-refractivity contribution in [2.45, 2.75) is 51.2 Å². The third-order valence-electron chi connectivity index (χ3n) is 4.64. The summed E-state index contributed by atoms with van der Waals surface area (Å²) in [6.45, 7) is 5.73. The van der Waals surface area contributed by atoms with E-state index >= 15 is 0 Å². The molecule has 1 atom stereocenters. The van der Waals surface area contributed by atoms with Crippen LogP contribution in [0.5, 0.6) is 0 Å². The Morgan fingerprint density at radius 3 is 2.58 bits per heavy atom. The lowest BCUT2D eigenvalue weighted by atomic mass is 10.2. The van der Waals surface area contributed by atoms with Gasteiger partial charge < -0.3 is 9.26 Å². The van der Waals surface area contributed by atoms with Crippen LogP contribution in [0.3, 0.4) is 0 Å². The first kappa shape index (κ1) is 18.6. The molecule has 1 unspecified atom stereocenters. The maximum Gasteiger partial charge on any atom is 0.324 e. The molecule has 0 amide bonds.